The molecule has 12 heteroatoms. The number of aromatic nitrogens is 1. The second kappa shape index (κ2) is 8.78. The molecule has 8 nitrogen and oxygen atoms in total. The molecular weight excluding hydrogens is 413 g/mol. The Morgan fingerprint density at radius 3 is 2.56 bits per heavy atom. The number of carbonyl (C=O) groups is 1. The van der Waals surface area contributed by atoms with E-state index in [-0.39, 0.29) is 27.1 Å². The topological polar surface area (TPSA) is 101 Å². The zero-order valence-electron chi connectivity index (χ0n) is 13.4. The van der Waals surface area contributed by atoms with Crippen LogP contribution in [0.15, 0.2) is 24.4 Å². The van der Waals surface area contributed by atoms with Crippen LogP contribution < -0.4 is 9.47 Å². The van der Waals surface area contributed by atoms with Gasteiger partial charge in [0.2, 0.25) is 0 Å². The van der Waals surface area contributed by atoms with E-state index < -0.39 is 35.5 Å². The maximum atomic E-state index is 12.4. The lowest BCUT2D eigenvalue weighted by molar-refractivity contribution is -0.386. The lowest BCUT2D eigenvalue weighted by atomic mass is 10.1. The average Bonchev–Trinajstić information content (AvgIpc) is 2.61. The fourth-order valence-corrected chi connectivity index (χ4v) is 2.25. The van der Waals surface area contributed by atoms with Crippen LogP contribution in [0.25, 0.3) is 0 Å². The minimum absolute atomic E-state index is 0.0109. The molecule has 0 N–H and O–H groups in total. The van der Waals surface area contributed by atoms with Gasteiger partial charge in [0.15, 0.2) is 11.5 Å². The van der Waals surface area contributed by atoms with Gasteiger partial charge >= 0.3 is 12.6 Å². The molecule has 1 heterocycles. The van der Waals surface area contributed by atoms with Gasteiger partial charge in [0.1, 0.15) is 11.8 Å². The van der Waals surface area contributed by atoms with Gasteiger partial charge < -0.3 is 14.2 Å². The van der Waals surface area contributed by atoms with Crippen LogP contribution in [-0.4, -0.2) is 29.6 Å². The van der Waals surface area contributed by atoms with Crippen molar-refractivity contribution in [2.45, 2.75) is 13.2 Å². The predicted octanol–water partition coefficient (Wildman–Crippen LogP) is 4.26. The zero-order valence-corrected chi connectivity index (χ0v) is 15.0. The second-order valence-corrected chi connectivity index (χ2v) is 5.61. The summed E-state index contributed by atoms with van der Waals surface area (Å²) in [6, 6.07) is 3.04. The summed E-state index contributed by atoms with van der Waals surface area (Å²) in [4.78, 5) is 26.1. The molecule has 0 radical (unpaired) electrons. The minimum Gasteiger partial charge on any atom is -0.493 e. The molecule has 0 fully saturated rings. The first-order valence-corrected chi connectivity index (χ1v) is 7.76. The van der Waals surface area contributed by atoms with Gasteiger partial charge in [-0.2, -0.15) is 8.78 Å². The number of halogens is 4. The Morgan fingerprint density at radius 1 is 1.30 bits per heavy atom. The summed E-state index contributed by atoms with van der Waals surface area (Å²) >= 11 is 11.4. The van der Waals surface area contributed by atoms with E-state index in [1.54, 1.807) is 0 Å². The first-order chi connectivity index (χ1) is 12.7. The summed E-state index contributed by atoms with van der Waals surface area (Å²) in [5, 5.41) is 11.2. The highest BCUT2D eigenvalue weighted by atomic mass is 35.5. The maximum Gasteiger partial charge on any atom is 0.387 e. The van der Waals surface area contributed by atoms with Crippen molar-refractivity contribution in [2.75, 3.05) is 7.11 Å². The van der Waals surface area contributed by atoms with Crippen molar-refractivity contribution in [3.05, 3.63) is 55.8 Å². The molecule has 1 aromatic heterocycles. The molecular formula is C15H10Cl2F2N2O6. The Bertz CT molecular complexity index is 882. The molecule has 0 aliphatic heterocycles. The molecule has 0 bridgehead atoms. The molecule has 0 amide bonds. The number of methoxy groups -OCH3 is 1. The first-order valence-electron chi connectivity index (χ1n) is 7.01. The van der Waals surface area contributed by atoms with Gasteiger partial charge in [-0.25, -0.2) is 9.78 Å². The molecule has 27 heavy (non-hydrogen) atoms. The number of esters is 1. The Kier molecular flexibility index (Phi) is 6.70. The van der Waals surface area contributed by atoms with Crippen LogP contribution in [0.4, 0.5) is 14.5 Å². The highest BCUT2D eigenvalue weighted by Gasteiger charge is 2.23. The number of hydrogen-bond acceptors (Lipinski definition) is 7. The summed E-state index contributed by atoms with van der Waals surface area (Å²) < 4.78 is 38.9. The Labute approximate surface area is 160 Å². The molecule has 2 aromatic rings. The number of hydrogen-bond donors (Lipinski definition) is 0. The normalized spacial score (nSPS) is 10.6. The van der Waals surface area contributed by atoms with Crippen LogP contribution in [-0.2, 0) is 11.3 Å². The van der Waals surface area contributed by atoms with Crippen molar-refractivity contribution in [3.8, 4) is 11.5 Å². The molecule has 1 aromatic carbocycles. The van der Waals surface area contributed by atoms with Crippen LogP contribution in [0.3, 0.4) is 0 Å². The van der Waals surface area contributed by atoms with E-state index in [0.29, 0.717) is 0 Å². The van der Waals surface area contributed by atoms with Gasteiger partial charge in [-0.15, -0.1) is 0 Å². The molecule has 0 saturated carbocycles. The van der Waals surface area contributed by atoms with Gasteiger partial charge in [0.25, 0.3) is 5.69 Å². The average molecular weight is 423 g/mol. The highest BCUT2D eigenvalue weighted by molar-refractivity contribution is 6.41. The molecule has 144 valence electrons. The summed E-state index contributed by atoms with van der Waals surface area (Å²) in [7, 11) is 1.16. The number of nitrogens with zero attached hydrogens (tertiary/aromatic N) is 2. The lowest BCUT2D eigenvalue weighted by Crippen LogP contribution is -2.09. The van der Waals surface area contributed by atoms with Crippen molar-refractivity contribution < 1.29 is 32.7 Å². The maximum absolute atomic E-state index is 12.4. The van der Waals surface area contributed by atoms with Crippen LogP contribution in [0.2, 0.25) is 10.2 Å². The summed E-state index contributed by atoms with van der Waals surface area (Å²) in [5.74, 6) is -1.59. The van der Waals surface area contributed by atoms with E-state index in [0.717, 1.165) is 25.4 Å². The first kappa shape index (κ1) is 20.6. The molecule has 0 aliphatic rings. The highest BCUT2D eigenvalue weighted by Crippen LogP contribution is 2.36. The molecule has 0 spiro atoms. The third kappa shape index (κ3) is 5.14. The molecule has 0 unspecified atom stereocenters. The van der Waals surface area contributed by atoms with E-state index >= 15 is 0 Å². The van der Waals surface area contributed by atoms with Crippen LogP contribution in [0, 0.1) is 10.1 Å². The number of carbonyl (C=O) groups excluding carboxylic acids is 1. The summed E-state index contributed by atoms with van der Waals surface area (Å²) in [6.45, 7) is -3.75. The number of pyridine rings is 1. The van der Waals surface area contributed by atoms with E-state index in [9.17, 15) is 23.7 Å². The lowest BCUT2D eigenvalue weighted by Gasteiger charge is -2.12. The van der Waals surface area contributed by atoms with Gasteiger partial charge in [-0.05, 0) is 12.1 Å². The number of alkyl halides is 2. The van der Waals surface area contributed by atoms with Gasteiger partial charge in [0, 0.05) is 6.20 Å². The standard InChI is InChI=1S/C15H10Cl2F2N2O6/c1-25-11-3-8(10(21(23)24)4-12(11)27-15(18)19)6-26-14(22)7-2-9(16)13(17)20-5-7/h2-5,15H,6H2,1H3. The fourth-order valence-electron chi connectivity index (χ4n) is 1.98. The Morgan fingerprint density at radius 2 is 2.00 bits per heavy atom. The van der Waals surface area contributed by atoms with E-state index in [2.05, 4.69) is 9.72 Å². The van der Waals surface area contributed by atoms with Crippen LogP contribution >= 0.6 is 23.2 Å². The molecule has 0 atom stereocenters. The van der Waals surface area contributed by atoms with E-state index in [1.165, 1.54) is 6.07 Å². The zero-order chi connectivity index (χ0) is 20.1. The second-order valence-electron chi connectivity index (χ2n) is 4.84. The fraction of sp³-hybridized carbons (Fsp3) is 0.200. The largest absolute Gasteiger partial charge is 0.493 e. The molecule has 0 saturated heterocycles. The Balaban J connectivity index is 2.27. The monoisotopic (exact) mass is 422 g/mol. The number of benzene rings is 1. The third-order valence-electron chi connectivity index (χ3n) is 3.17. The van der Waals surface area contributed by atoms with E-state index in [4.69, 9.17) is 32.7 Å². The van der Waals surface area contributed by atoms with E-state index in [1.807, 2.05) is 0 Å². The van der Waals surface area contributed by atoms with Crippen LogP contribution in [0.5, 0.6) is 11.5 Å². The number of nitro benzene ring substituents is 1. The molecule has 0 aliphatic carbocycles. The quantitative estimate of drug-likeness (QED) is 0.284. The van der Waals surface area contributed by atoms with Gasteiger partial charge in [0.05, 0.1) is 34.2 Å². The number of rotatable bonds is 7. The van der Waals surface area contributed by atoms with Crippen molar-refractivity contribution in [3.63, 3.8) is 0 Å². The molecule has 2 rings (SSSR count). The van der Waals surface area contributed by atoms with Gasteiger partial charge in [-0.3, -0.25) is 10.1 Å². The third-order valence-corrected chi connectivity index (χ3v) is 3.85. The summed E-state index contributed by atoms with van der Waals surface area (Å²) in [6.07, 6.45) is 1.12. The smallest absolute Gasteiger partial charge is 0.387 e. The van der Waals surface area contributed by atoms with Gasteiger partial charge in [-0.1, -0.05) is 23.2 Å². The van der Waals surface area contributed by atoms with Crippen molar-refractivity contribution in [1.29, 1.82) is 0 Å². The summed E-state index contributed by atoms with van der Waals surface area (Å²) in [5.41, 5.74) is -0.719. The van der Waals surface area contributed by atoms with Crippen molar-refractivity contribution >= 4 is 34.9 Å². The SMILES string of the molecule is COc1cc(COC(=O)c2cnc(Cl)c(Cl)c2)c([N+](=O)[O-])cc1OC(F)F. The number of nitro groups is 1. The minimum atomic E-state index is -3.20. The van der Waals surface area contributed by atoms with Crippen molar-refractivity contribution in [1.82, 2.24) is 4.98 Å². The Hall–Kier alpha value is -2.72. The van der Waals surface area contributed by atoms with Crippen LogP contribution in [0.1, 0.15) is 15.9 Å². The predicted molar refractivity (Wildman–Crippen MR) is 89.7 cm³/mol. The number of ether oxygens (including phenoxy) is 3. The van der Waals surface area contributed by atoms with Crippen molar-refractivity contribution in [2.24, 2.45) is 0 Å².